The van der Waals surface area contributed by atoms with Crippen LogP contribution in [0, 0.1) is 0 Å². The molecule has 98 valence electrons. The van der Waals surface area contributed by atoms with Crippen molar-refractivity contribution in [1.82, 2.24) is 4.90 Å². The van der Waals surface area contributed by atoms with Gasteiger partial charge in [-0.2, -0.15) is 11.8 Å². The Morgan fingerprint density at radius 3 is 3.17 bits per heavy atom. The predicted molar refractivity (Wildman–Crippen MR) is 75.8 cm³/mol. The summed E-state index contributed by atoms with van der Waals surface area (Å²) in [4.78, 5) is 15.3. The number of halogens is 1. The van der Waals surface area contributed by atoms with E-state index in [4.69, 9.17) is 16.3 Å². The van der Waals surface area contributed by atoms with E-state index in [2.05, 4.69) is 0 Å². The van der Waals surface area contributed by atoms with E-state index in [0.717, 1.165) is 36.8 Å². The third-order valence-electron chi connectivity index (χ3n) is 3.38. The number of rotatable bonds is 1. The molecule has 3 rings (SSSR count). The van der Waals surface area contributed by atoms with Crippen molar-refractivity contribution in [3.8, 4) is 0 Å². The maximum atomic E-state index is 12.5. The second kappa shape index (κ2) is 5.41. The van der Waals surface area contributed by atoms with Gasteiger partial charge in [0.2, 0.25) is 0 Å². The molecular formula is C12H14ClNO2S2. The zero-order chi connectivity index (χ0) is 12.5. The highest BCUT2D eigenvalue weighted by atomic mass is 35.5. The van der Waals surface area contributed by atoms with Crippen molar-refractivity contribution in [3.63, 3.8) is 0 Å². The smallest absolute Gasteiger partial charge is 0.264 e. The maximum absolute atomic E-state index is 12.5. The fourth-order valence-electron chi connectivity index (χ4n) is 2.51. The summed E-state index contributed by atoms with van der Waals surface area (Å²) in [6.45, 7) is 2.36. The van der Waals surface area contributed by atoms with E-state index >= 15 is 0 Å². The minimum atomic E-state index is 0.129. The summed E-state index contributed by atoms with van der Waals surface area (Å²) < 4.78 is 6.17. The first kappa shape index (κ1) is 12.8. The molecule has 0 N–H and O–H groups in total. The lowest BCUT2D eigenvalue weighted by Crippen LogP contribution is -2.54. The quantitative estimate of drug-likeness (QED) is 0.799. The van der Waals surface area contributed by atoms with E-state index in [0.29, 0.717) is 15.6 Å². The molecule has 3 nitrogen and oxygen atoms in total. The third kappa shape index (κ3) is 2.41. The van der Waals surface area contributed by atoms with Crippen LogP contribution in [0.5, 0.6) is 0 Å². The Labute approximate surface area is 119 Å². The Kier molecular flexibility index (Phi) is 3.84. The SMILES string of the molecule is O=C(c1ccc(Cl)s1)N1CCS[C@@H]2COCC[C@H]21. The number of hydrogen-bond acceptors (Lipinski definition) is 4. The fourth-order valence-corrected chi connectivity index (χ4v) is 4.81. The van der Waals surface area contributed by atoms with Crippen LogP contribution in [0.4, 0.5) is 0 Å². The summed E-state index contributed by atoms with van der Waals surface area (Å²) in [5.74, 6) is 1.12. The lowest BCUT2D eigenvalue weighted by Gasteiger charge is -2.43. The molecule has 6 heteroatoms. The standard InChI is InChI=1S/C12H14ClNO2S2/c13-11-2-1-9(18-11)12(15)14-4-6-17-10-7-16-5-3-8(10)14/h1-2,8,10H,3-7H2/t8-,10-/m1/s1. The second-order valence-electron chi connectivity index (χ2n) is 4.44. The minimum absolute atomic E-state index is 0.129. The average Bonchev–Trinajstić information content (AvgIpc) is 2.84. The van der Waals surface area contributed by atoms with E-state index in [9.17, 15) is 4.79 Å². The first-order chi connectivity index (χ1) is 8.75. The van der Waals surface area contributed by atoms with E-state index < -0.39 is 0 Å². The topological polar surface area (TPSA) is 29.5 Å². The van der Waals surface area contributed by atoms with Crippen molar-refractivity contribution in [1.29, 1.82) is 0 Å². The number of thiophene rings is 1. The van der Waals surface area contributed by atoms with Gasteiger partial charge in [0, 0.05) is 30.2 Å². The molecule has 2 fully saturated rings. The van der Waals surface area contributed by atoms with Gasteiger partial charge in [0.05, 0.1) is 15.8 Å². The van der Waals surface area contributed by atoms with Gasteiger partial charge in [-0.3, -0.25) is 4.79 Å². The van der Waals surface area contributed by atoms with E-state index in [1.165, 1.54) is 11.3 Å². The van der Waals surface area contributed by atoms with Crippen LogP contribution >= 0.6 is 34.7 Å². The lowest BCUT2D eigenvalue weighted by atomic mass is 10.1. The monoisotopic (exact) mass is 303 g/mol. The van der Waals surface area contributed by atoms with Gasteiger partial charge in [-0.1, -0.05) is 11.6 Å². The van der Waals surface area contributed by atoms with Crippen molar-refractivity contribution in [2.45, 2.75) is 17.7 Å². The van der Waals surface area contributed by atoms with Gasteiger partial charge in [-0.25, -0.2) is 0 Å². The van der Waals surface area contributed by atoms with Crippen LogP contribution in [0.15, 0.2) is 12.1 Å². The summed E-state index contributed by atoms with van der Waals surface area (Å²) in [5.41, 5.74) is 0. The number of carbonyl (C=O) groups excluding carboxylic acids is 1. The molecular weight excluding hydrogens is 290 g/mol. The van der Waals surface area contributed by atoms with Gasteiger partial charge in [0.25, 0.3) is 5.91 Å². The van der Waals surface area contributed by atoms with Crippen LogP contribution in [0.2, 0.25) is 4.34 Å². The summed E-state index contributed by atoms with van der Waals surface area (Å²) in [7, 11) is 0. The molecule has 0 bridgehead atoms. The molecule has 2 saturated heterocycles. The van der Waals surface area contributed by atoms with Crippen LogP contribution in [0.1, 0.15) is 16.1 Å². The van der Waals surface area contributed by atoms with E-state index in [1.807, 2.05) is 22.7 Å². The molecule has 2 atom stereocenters. The molecule has 0 aromatic carbocycles. The summed E-state index contributed by atoms with van der Waals surface area (Å²) in [6.07, 6.45) is 0.947. The highest BCUT2D eigenvalue weighted by Crippen LogP contribution is 2.32. The Bertz CT molecular complexity index is 449. The predicted octanol–water partition coefficient (Wildman–Crippen LogP) is 2.75. The van der Waals surface area contributed by atoms with Gasteiger partial charge in [-0.15, -0.1) is 11.3 Å². The molecule has 2 aliphatic heterocycles. The molecule has 0 unspecified atom stereocenters. The summed E-state index contributed by atoms with van der Waals surface area (Å²) >= 11 is 9.20. The molecule has 2 aliphatic rings. The number of amides is 1. The van der Waals surface area contributed by atoms with Crippen molar-refractivity contribution in [2.75, 3.05) is 25.5 Å². The molecule has 1 aromatic rings. The van der Waals surface area contributed by atoms with Crippen LogP contribution in [-0.2, 0) is 4.74 Å². The highest BCUT2D eigenvalue weighted by molar-refractivity contribution is 8.00. The first-order valence-electron chi connectivity index (χ1n) is 6.01. The zero-order valence-corrected chi connectivity index (χ0v) is 12.2. The summed E-state index contributed by atoms with van der Waals surface area (Å²) in [6, 6.07) is 3.94. The van der Waals surface area contributed by atoms with Gasteiger partial charge >= 0.3 is 0 Å². The van der Waals surface area contributed by atoms with Crippen molar-refractivity contribution >= 4 is 40.6 Å². The Hall–Kier alpha value is -0.230. The second-order valence-corrected chi connectivity index (χ2v) is 7.50. The van der Waals surface area contributed by atoms with E-state index in [-0.39, 0.29) is 5.91 Å². The van der Waals surface area contributed by atoms with Crippen molar-refractivity contribution in [2.24, 2.45) is 0 Å². The van der Waals surface area contributed by atoms with Gasteiger partial charge < -0.3 is 9.64 Å². The number of carbonyl (C=O) groups is 1. The lowest BCUT2D eigenvalue weighted by molar-refractivity contribution is 0.0322. The van der Waals surface area contributed by atoms with Crippen molar-refractivity contribution < 1.29 is 9.53 Å². The van der Waals surface area contributed by atoms with Gasteiger partial charge in [0.1, 0.15) is 0 Å². The number of nitrogens with zero attached hydrogens (tertiary/aromatic N) is 1. The Morgan fingerprint density at radius 2 is 2.39 bits per heavy atom. The van der Waals surface area contributed by atoms with Gasteiger partial charge in [-0.05, 0) is 18.6 Å². The molecule has 1 aromatic heterocycles. The Morgan fingerprint density at radius 1 is 1.50 bits per heavy atom. The highest BCUT2D eigenvalue weighted by Gasteiger charge is 2.37. The molecule has 3 heterocycles. The number of ether oxygens (including phenoxy) is 1. The molecule has 0 aliphatic carbocycles. The fraction of sp³-hybridized carbons (Fsp3) is 0.583. The molecule has 18 heavy (non-hydrogen) atoms. The van der Waals surface area contributed by atoms with Crippen LogP contribution in [0.3, 0.4) is 0 Å². The molecule has 0 spiro atoms. The zero-order valence-electron chi connectivity index (χ0n) is 9.80. The maximum Gasteiger partial charge on any atom is 0.264 e. The average molecular weight is 304 g/mol. The summed E-state index contributed by atoms with van der Waals surface area (Å²) in [5, 5.41) is 0.437. The molecule has 0 radical (unpaired) electrons. The van der Waals surface area contributed by atoms with Crippen LogP contribution in [-0.4, -0.2) is 47.6 Å². The minimum Gasteiger partial charge on any atom is -0.380 e. The Balaban J connectivity index is 1.79. The van der Waals surface area contributed by atoms with Gasteiger partial charge in [0.15, 0.2) is 0 Å². The number of fused-ring (bicyclic) bond motifs is 1. The normalized spacial score (nSPS) is 27.9. The van der Waals surface area contributed by atoms with Crippen molar-refractivity contribution in [3.05, 3.63) is 21.3 Å². The first-order valence-corrected chi connectivity index (χ1v) is 8.25. The number of hydrogen-bond donors (Lipinski definition) is 0. The largest absolute Gasteiger partial charge is 0.380 e. The van der Waals surface area contributed by atoms with E-state index in [1.54, 1.807) is 6.07 Å². The van der Waals surface area contributed by atoms with Crippen LogP contribution < -0.4 is 0 Å². The molecule has 1 amide bonds. The number of thioether (sulfide) groups is 1. The third-order valence-corrected chi connectivity index (χ3v) is 5.89. The van der Waals surface area contributed by atoms with Crippen LogP contribution in [0.25, 0.3) is 0 Å². The molecule has 0 saturated carbocycles.